The van der Waals surface area contributed by atoms with Crippen LogP contribution >= 0.6 is 0 Å². The van der Waals surface area contributed by atoms with Gasteiger partial charge >= 0.3 is 0 Å². The smallest absolute Gasteiger partial charge is 0.241 e. The average molecular weight is 368 g/mol. The number of hydrogen-bond donors (Lipinski definition) is 2. The summed E-state index contributed by atoms with van der Waals surface area (Å²) in [7, 11) is 0. The number of carbonyl (C=O) groups excluding carboxylic acids is 1. The van der Waals surface area contributed by atoms with Gasteiger partial charge in [0.05, 0.1) is 0 Å². The van der Waals surface area contributed by atoms with E-state index in [9.17, 15) is 4.79 Å². The summed E-state index contributed by atoms with van der Waals surface area (Å²) in [6.45, 7) is 4.92. The van der Waals surface area contributed by atoms with Crippen molar-refractivity contribution in [1.29, 1.82) is 0 Å². The van der Waals surface area contributed by atoms with Crippen LogP contribution in [0.5, 0.6) is 0 Å². The number of carbonyl (C=O) groups is 1. The number of piperidine rings is 1. The van der Waals surface area contributed by atoms with E-state index in [0.29, 0.717) is 18.9 Å². The Kier molecular flexibility index (Phi) is 5.48. The van der Waals surface area contributed by atoms with E-state index in [-0.39, 0.29) is 12.5 Å². The summed E-state index contributed by atoms with van der Waals surface area (Å²) in [5, 5.41) is 10.8. The summed E-state index contributed by atoms with van der Waals surface area (Å²) in [5.74, 6) is 1.26. The molecule has 1 aliphatic heterocycles. The zero-order valence-corrected chi connectivity index (χ0v) is 16.0. The van der Waals surface area contributed by atoms with Crippen molar-refractivity contribution in [3.05, 3.63) is 40.7 Å². The fraction of sp³-hybridized carbons (Fsp3) is 0.600. The summed E-state index contributed by atoms with van der Waals surface area (Å²) >= 11 is 0. The van der Waals surface area contributed by atoms with Crippen LogP contribution in [0.3, 0.4) is 0 Å². The molecule has 2 aromatic rings. The Hall–Kier alpha value is -2.28. The van der Waals surface area contributed by atoms with Crippen molar-refractivity contribution >= 4 is 5.91 Å². The zero-order valence-electron chi connectivity index (χ0n) is 16.0. The Bertz CT molecular complexity index is 809. The minimum absolute atomic E-state index is 0.0124. The lowest BCUT2D eigenvalue weighted by molar-refractivity contribution is -0.121. The molecule has 7 nitrogen and oxygen atoms in total. The van der Waals surface area contributed by atoms with E-state index < -0.39 is 0 Å². The van der Waals surface area contributed by atoms with E-state index in [1.165, 1.54) is 24.1 Å². The van der Waals surface area contributed by atoms with Gasteiger partial charge in [0.25, 0.3) is 0 Å². The van der Waals surface area contributed by atoms with Crippen molar-refractivity contribution in [2.24, 2.45) is 0 Å². The van der Waals surface area contributed by atoms with Gasteiger partial charge in [0.2, 0.25) is 5.91 Å². The third kappa shape index (κ3) is 4.18. The minimum atomic E-state index is -0.0124. The molecule has 1 atom stereocenters. The van der Waals surface area contributed by atoms with Gasteiger partial charge in [-0.25, -0.2) is 9.97 Å². The Morgan fingerprint density at radius 1 is 1.33 bits per heavy atom. The van der Waals surface area contributed by atoms with Crippen LogP contribution in [-0.2, 0) is 30.6 Å². The maximum absolute atomic E-state index is 12.4. The number of nitrogens with one attached hydrogen (secondary N) is 2. The number of rotatable bonds is 6. The number of amides is 1. The fourth-order valence-corrected chi connectivity index (χ4v) is 4.23. The zero-order chi connectivity index (χ0) is 18.6. The number of aryl methyl sites for hydroxylation is 2. The maximum Gasteiger partial charge on any atom is 0.241 e. The van der Waals surface area contributed by atoms with Crippen LogP contribution < -0.4 is 10.6 Å². The Balaban J connectivity index is 1.29. The Morgan fingerprint density at radius 2 is 2.26 bits per heavy atom. The molecule has 2 N–H and O–H groups in total. The van der Waals surface area contributed by atoms with Crippen molar-refractivity contribution in [3.63, 3.8) is 0 Å². The molecule has 0 aromatic carbocycles. The molecule has 2 aliphatic rings. The second kappa shape index (κ2) is 8.17. The first-order valence-corrected chi connectivity index (χ1v) is 10.0. The number of fused-ring (bicyclic) bond motifs is 1. The van der Waals surface area contributed by atoms with Crippen molar-refractivity contribution in [2.75, 3.05) is 19.6 Å². The first-order valence-electron chi connectivity index (χ1n) is 10.0. The van der Waals surface area contributed by atoms with E-state index in [4.69, 9.17) is 0 Å². The standard InChI is InChI=1S/C20H28N6O/c1-14-16-5-2-6-17(16)25-19(24-14)8-10-22-20(27)13-26-18(7-11-23-26)15-4-3-9-21-12-15/h7,11,15,21H,2-6,8-10,12-13H2,1H3,(H,22,27)/t15-/m1/s1. The molecule has 1 aliphatic carbocycles. The molecule has 1 saturated heterocycles. The van der Waals surface area contributed by atoms with Crippen LogP contribution in [0.25, 0.3) is 0 Å². The summed E-state index contributed by atoms with van der Waals surface area (Å²) < 4.78 is 1.84. The Labute approximate surface area is 160 Å². The molecule has 1 amide bonds. The maximum atomic E-state index is 12.4. The molecule has 0 spiro atoms. The van der Waals surface area contributed by atoms with Gasteiger partial charge in [0, 0.05) is 48.7 Å². The van der Waals surface area contributed by atoms with Crippen LogP contribution in [0.2, 0.25) is 0 Å². The largest absolute Gasteiger partial charge is 0.354 e. The molecule has 0 saturated carbocycles. The predicted molar refractivity (Wildman–Crippen MR) is 103 cm³/mol. The molecule has 3 heterocycles. The van der Waals surface area contributed by atoms with Gasteiger partial charge in [0.15, 0.2) is 0 Å². The van der Waals surface area contributed by atoms with Gasteiger partial charge in [-0.2, -0.15) is 5.10 Å². The number of nitrogens with zero attached hydrogens (tertiary/aromatic N) is 4. The molecule has 0 unspecified atom stereocenters. The van der Waals surface area contributed by atoms with Crippen LogP contribution in [-0.4, -0.2) is 45.3 Å². The Morgan fingerprint density at radius 3 is 3.11 bits per heavy atom. The lowest BCUT2D eigenvalue weighted by Crippen LogP contribution is -2.33. The van der Waals surface area contributed by atoms with Gasteiger partial charge < -0.3 is 10.6 Å². The van der Waals surface area contributed by atoms with E-state index in [1.54, 1.807) is 6.20 Å². The van der Waals surface area contributed by atoms with Gasteiger partial charge in [-0.3, -0.25) is 9.48 Å². The van der Waals surface area contributed by atoms with Crippen molar-refractivity contribution in [2.45, 2.75) is 57.9 Å². The third-order valence-corrected chi connectivity index (χ3v) is 5.61. The van der Waals surface area contributed by atoms with Crippen LogP contribution in [0.15, 0.2) is 12.3 Å². The van der Waals surface area contributed by atoms with E-state index in [1.807, 2.05) is 10.7 Å². The van der Waals surface area contributed by atoms with Gasteiger partial charge in [0.1, 0.15) is 12.4 Å². The molecular formula is C20H28N6O. The molecule has 27 heavy (non-hydrogen) atoms. The van der Waals surface area contributed by atoms with E-state index >= 15 is 0 Å². The highest BCUT2D eigenvalue weighted by atomic mass is 16.2. The molecule has 2 aromatic heterocycles. The lowest BCUT2D eigenvalue weighted by Gasteiger charge is -2.23. The number of aromatic nitrogens is 4. The highest BCUT2D eigenvalue weighted by Crippen LogP contribution is 2.23. The van der Waals surface area contributed by atoms with E-state index in [0.717, 1.165) is 49.6 Å². The molecular weight excluding hydrogens is 340 g/mol. The quantitative estimate of drug-likeness (QED) is 0.803. The second-order valence-corrected chi connectivity index (χ2v) is 7.56. The minimum Gasteiger partial charge on any atom is -0.354 e. The fourth-order valence-electron chi connectivity index (χ4n) is 4.23. The van der Waals surface area contributed by atoms with Crippen LogP contribution in [0.4, 0.5) is 0 Å². The number of hydrogen-bond acceptors (Lipinski definition) is 5. The van der Waals surface area contributed by atoms with Crippen LogP contribution in [0, 0.1) is 6.92 Å². The summed E-state index contributed by atoms with van der Waals surface area (Å²) in [6, 6.07) is 2.03. The van der Waals surface area contributed by atoms with Crippen LogP contribution in [0.1, 0.15) is 53.7 Å². The first kappa shape index (κ1) is 18.1. The predicted octanol–water partition coefficient (Wildman–Crippen LogP) is 1.30. The average Bonchev–Trinajstić information content (AvgIpc) is 3.32. The van der Waals surface area contributed by atoms with Crippen molar-refractivity contribution in [1.82, 2.24) is 30.4 Å². The van der Waals surface area contributed by atoms with Gasteiger partial charge in [-0.1, -0.05) is 0 Å². The van der Waals surface area contributed by atoms with Crippen molar-refractivity contribution in [3.8, 4) is 0 Å². The molecule has 7 heteroatoms. The topological polar surface area (TPSA) is 84.7 Å². The molecule has 0 radical (unpaired) electrons. The SMILES string of the molecule is Cc1nc(CCNC(=O)Cn2nccc2[C@@H]2CCCNC2)nc2c1CCC2. The summed E-state index contributed by atoms with van der Waals surface area (Å²) in [5.41, 5.74) is 4.77. The molecule has 0 bridgehead atoms. The molecule has 1 fully saturated rings. The van der Waals surface area contributed by atoms with Gasteiger partial charge in [-0.05, 0) is 57.2 Å². The normalized spacial score (nSPS) is 19.1. The first-order chi connectivity index (χ1) is 13.2. The monoisotopic (exact) mass is 368 g/mol. The van der Waals surface area contributed by atoms with Gasteiger partial charge in [-0.15, -0.1) is 0 Å². The summed E-state index contributed by atoms with van der Waals surface area (Å²) in [4.78, 5) is 21.6. The molecule has 144 valence electrons. The van der Waals surface area contributed by atoms with E-state index in [2.05, 4.69) is 32.6 Å². The highest BCUT2D eigenvalue weighted by Gasteiger charge is 2.20. The third-order valence-electron chi connectivity index (χ3n) is 5.61. The summed E-state index contributed by atoms with van der Waals surface area (Å²) in [6.07, 6.45) is 8.10. The lowest BCUT2D eigenvalue weighted by atomic mass is 9.96. The highest BCUT2D eigenvalue weighted by molar-refractivity contribution is 5.75. The second-order valence-electron chi connectivity index (χ2n) is 7.56. The van der Waals surface area contributed by atoms with Crippen molar-refractivity contribution < 1.29 is 4.79 Å². The molecule has 4 rings (SSSR count).